The van der Waals surface area contributed by atoms with Gasteiger partial charge in [-0.2, -0.15) is 0 Å². The van der Waals surface area contributed by atoms with Crippen molar-refractivity contribution in [2.24, 2.45) is 0 Å². The Bertz CT molecular complexity index is 1280. The maximum Gasteiger partial charge on any atom is 0.410 e. The topological polar surface area (TPSA) is 73.4 Å². The summed E-state index contributed by atoms with van der Waals surface area (Å²) in [5.41, 5.74) is 3.56. The molecule has 1 fully saturated rings. The van der Waals surface area contributed by atoms with Crippen LogP contribution >= 0.6 is 15.9 Å². The van der Waals surface area contributed by atoms with Crippen molar-refractivity contribution in [3.63, 3.8) is 0 Å². The number of pyridine rings is 1. The second-order valence-corrected chi connectivity index (χ2v) is 11.7. The van der Waals surface area contributed by atoms with Crippen LogP contribution in [0.4, 0.5) is 10.5 Å². The van der Waals surface area contributed by atoms with E-state index in [1.54, 1.807) is 21.3 Å². The van der Waals surface area contributed by atoms with Gasteiger partial charge in [-0.1, -0.05) is 15.9 Å². The molecule has 1 aliphatic heterocycles. The SMILES string of the molecule is COc1cc(-c2cncc(CN(c3ccc(Br)cc3)C3CCN(C(=O)OC(C)(C)C)CC3)c2)cc(OC)c1OC. The Kier molecular flexibility index (Phi) is 9.45. The first kappa shape index (κ1) is 29.5. The number of benzene rings is 2. The van der Waals surface area contributed by atoms with Gasteiger partial charge in [0.15, 0.2) is 11.5 Å². The zero-order valence-corrected chi connectivity index (χ0v) is 25.7. The molecule has 0 atom stereocenters. The fourth-order valence-electron chi connectivity index (χ4n) is 4.93. The van der Waals surface area contributed by atoms with Crippen LogP contribution in [0.25, 0.3) is 11.1 Å². The van der Waals surface area contributed by atoms with Gasteiger partial charge in [0.2, 0.25) is 5.75 Å². The second kappa shape index (κ2) is 12.8. The second-order valence-electron chi connectivity index (χ2n) is 10.8. The van der Waals surface area contributed by atoms with Gasteiger partial charge in [-0.05, 0) is 87.2 Å². The van der Waals surface area contributed by atoms with Crippen molar-refractivity contribution in [1.82, 2.24) is 9.88 Å². The molecule has 0 bridgehead atoms. The van der Waals surface area contributed by atoms with E-state index in [2.05, 4.69) is 56.1 Å². The highest BCUT2D eigenvalue weighted by atomic mass is 79.9. The Labute approximate surface area is 245 Å². The largest absolute Gasteiger partial charge is 0.493 e. The van der Waals surface area contributed by atoms with Gasteiger partial charge in [0.1, 0.15) is 5.60 Å². The molecule has 1 amide bonds. The molecule has 2 aromatic carbocycles. The number of aromatic nitrogens is 1. The third kappa shape index (κ3) is 7.18. The van der Waals surface area contributed by atoms with Crippen LogP contribution in [0.2, 0.25) is 0 Å². The van der Waals surface area contributed by atoms with Gasteiger partial charge in [0, 0.05) is 53.8 Å². The van der Waals surface area contributed by atoms with Crippen LogP contribution in [0.3, 0.4) is 0 Å². The van der Waals surface area contributed by atoms with Crippen molar-refractivity contribution in [3.05, 3.63) is 64.9 Å². The normalized spacial score (nSPS) is 14.0. The lowest BCUT2D eigenvalue weighted by Gasteiger charge is -2.40. The quantitative estimate of drug-likeness (QED) is 0.273. The molecule has 40 heavy (non-hydrogen) atoms. The van der Waals surface area contributed by atoms with E-state index in [0.29, 0.717) is 36.9 Å². The predicted molar refractivity (Wildman–Crippen MR) is 160 cm³/mol. The summed E-state index contributed by atoms with van der Waals surface area (Å²) in [7, 11) is 4.82. The molecular weight excluding hydrogens is 574 g/mol. The van der Waals surface area contributed by atoms with E-state index < -0.39 is 5.60 Å². The highest BCUT2D eigenvalue weighted by molar-refractivity contribution is 9.10. The maximum atomic E-state index is 12.6. The average Bonchev–Trinajstić information content (AvgIpc) is 2.95. The molecule has 0 unspecified atom stereocenters. The van der Waals surface area contributed by atoms with Crippen molar-refractivity contribution in [2.75, 3.05) is 39.3 Å². The van der Waals surface area contributed by atoms with Crippen LogP contribution in [0.15, 0.2) is 59.3 Å². The third-order valence-electron chi connectivity index (χ3n) is 6.86. The van der Waals surface area contributed by atoms with Gasteiger partial charge in [-0.15, -0.1) is 0 Å². The number of amides is 1. The smallest absolute Gasteiger partial charge is 0.410 e. The van der Waals surface area contributed by atoms with Crippen molar-refractivity contribution in [1.29, 1.82) is 0 Å². The lowest BCUT2D eigenvalue weighted by Crippen LogP contribution is -2.48. The van der Waals surface area contributed by atoms with Crippen LogP contribution in [0.5, 0.6) is 17.2 Å². The molecule has 0 saturated carbocycles. The van der Waals surface area contributed by atoms with E-state index in [-0.39, 0.29) is 12.1 Å². The number of methoxy groups -OCH3 is 3. The van der Waals surface area contributed by atoms with Gasteiger partial charge >= 0.3 is 6.09 Å². The molecule has 1 aliphatic rings. The standard InChI is InChI=1S/C31H38BrN3O5/c1-31(2,3)40-30(36)34-13-11-26(12-14-34)35(25-9-7-24(32)8-10-25)20-21-15-23(19-33-18-21)22-16-27(37-4)29(39-6)28(17-22)38-5/h7-10,15-19,26H,11-14,20H2,1-6H3. The summed E-state index contributed by atoms with van der Waals surface area (Å²) in [6.45, 7) is 7.66. The minimum Gasteiger partial charge on any atom is -0.493 e. The molecule has 8 nitrogen and oxygen atoms in total. The molecule has 4 rings (SSSR count). The number of likely N-dealkylation sites (tertiary alicyclic amines) is 1. The van der Waals surface area contributed by atoms with E-state index in [1.807, 2.05) is 50.2 Å². The molecule has 0 radical (unpaired) electrons. The molecule has 0 N–H and O–H groups in total. The van der Waals surface area contributed by atoms with Crippen molar-refractivity contribution < 1.29 is 23.7 Å². The fraction of sp³-hybridized carbons (Fsp3) is 0.419. The van der Waals surface area contributed by atoms with E-state index in [9.17, 15) is 4.79 Å². The van der Waals surface area contributed by atoms with E-state index in [0.717, 1.165) is 39.7 Å². The number of piperidine rings is 1. The molecule has 2 heterocycles. The Morgan fingerprint density at radius 2 is 1.57 bits per heavy atom. The number of hydrogen-bond donors (Lipinski definition) is 0. The number of carbonyl (C=O) groups is 1. The molecule has 9 heteroatoms. The summed E-state index contributed by atoms with van der Waals surface area (Å²) in [5, 5.41) is 0. The molecule has 0 aliphatic carbocycles. The number of rotatable bonds is 8. The van der Waals surface area contributed by atoms with Crippen LogP contribution in [-0.2, 0) is 11.3 Å². The molecule has 214 valence electrons. The van der Waals surface area contributed by atoms with Gasteiger partial charge in [0.05, 0.1) is 21.3 Å². The minimum atomic E-state index is -0.507. The third-order valence-corrected chi connectivity index (χ3v) is 7.39. The maximum absolute atomic E-state index is 12.6. The Balaban J connectivity index is 1.59. The number of carbonyl (C=O) groups excluding carboxylic acids is 1. The Morgan fingerprint density at radius 1 is 0.950 bits per heavy atom. The monoisotopic (exact) mass is 611 g/mol. The Hall–Kier alpha value is -3.46. The summed E-state index contributed by atoms with van der Waals surface area (Å²) < 4.78 is 23.2. The zero-order chi connectivity index (χ0) is 28.9. The van der Waals surface area contributed by atoms with Crippen LogP contribution in [0.1, 0.15) is 39.2 Å². The summed E-state index contributed by atoms with van der Waals surface area (Å²) in [6, 6.07) is 14.6. The molecular formula is C31H38BrN3O5. The van der Waals surface area contributed by atoms with Gasteiger partial charge < -0.3 is 28.7 Å². The number of ether oxygens (including phenoxy) is 4. The number of halogens is 1. The Morgan fingerprint density at radius 3 is 2.12 bits per heavy atom. The van der Waals surface area contributed by atoms with Crippen molar-refractivity contribution in [2.45, 2.75) is 51.8 Å². The van der Waals surface area contributed by atoms with E-state index in [4.69, 9.17) is 18.9 Å². The summed E-state index contributed by atoms with van der Waals surface area (Å²) >= 11 is 3.56. The lowest BCUT2D eigenvalue weighted by atomic mass is 10.0. The minimum absolute atomic E-state index is 0.247. The number of nitrogens with zero attached hydrogens (tertiary/aromatic N) is 3. The fourth-order valence-corrected chi connectivity index (χ4v) is 5.19. The first-order chi connectivity index (χ1) is 19.1. The predicted octanol–water partition coefficient (Wildman–Crippen LogP) is 6.94. The number of hydrogen-bond acceptors (Lipinski definition) is 7. The van der Waals surface area contributed by atoms with Gasteiger partial charge in [-0.3, -0.25) is 4.98 Å². The van der Waals surface area contributed by atoms with E-state index in [1.165, 1.54) is 0 Å². The van der Waals surface area contributed by atoms with Crippen LogP contribution < -0.4 is 19.1 Å². The molecule has 0 spiro atoms. The highest BCUT2D eigenvalue weighted by Crippen LogP contribution is 2.41. The van der Waals surface area contributed by atoms with Crippen LogP contribution in [0, 0.1) is 0 Å². The first-order valence-electron chi connectivity index (χ1n) is 13.4. The molecule has 1 saturated heterocycles. The van der Waals surface area contributed by atoms with Gasteiger partial charge in [-0.25, -0.2) is 4.79 Å². The summed E-state index contributed by atoms with van der Waals surface area (Å²) in [4.78, 5) is 21.4. The highest BCUT2D eigenvalue weighted by Gasteiger charge is 2.30. The molecule has 1 aromatic heterocycles. The van der Waals surface area contributed by atoms with Crippen molar-refractivity contribution in [3.8, 4) is 28.4 Å². The average molecular weight is 613 g/mol. The van der Waals surface area contributed by atoms with E-state index >= 15 is 0 Å². The lowest BCUT2D eigenvalue weighted by molar-refractivity contribution is 0.0204. The molecule has 3 aromatic rings. The van der Waals surface area contributed by atoms with Gasteiger partial charge in [0.25, 0.3) is 0 Å². The summed E-state index contributed by atoms with van der Waals surface area (Å²) in [5.74, 6) is 1.74. The van der Waals surface area contributed by atoms with Crippen molar-refractivity contribution >= 4 is 27.7 Å². The zero-order valence-electron chi connectivity index (χ0n) is 24.1. The number of anilines is 1. The first-order valence-corrected chi connectivity index (χ1v) is 14.2. The van der Waals surface area contributed by atoms with Crippen LogP contribution in [-0.4, -0.2) is 62.0 Å². The summed E-state index contributed by atoms with van der Waals surface area (Å²) in [6.07, 6.45) is 5.18.